The molecule has 4 aliphatic rings. The van der Waals surface area contributed by atoms with Crippen molar-refractivity contribution in [3.05, 3.63) is 57.9 Å². The first-order valence-electron chi connectivity index (χ1n) is 14.5. The van der Waals surface area contributed by atoms with Crippen molar-refractivity contribution in [2.75, 3.05) is 45.2 Å². The number of fused-ring (bicyclic) bond motifs is 4. The number of likely N-dealkylation sites (N-methyl/N-ethyl adjacent to an activating group) is 1. The highest BCUT2D eigenvalue weighted by Gasteiger charge is 2.66. The van der Waals surface area contributed by atoms with Crippen molar-refractivity contribution in [1.29, 1.82) is 0 Å². The summed E-state index contributed by atoms with van der Waals surface area (Å²) in [6.07, 6.45) is 0.140. The van der Waals surface area contributed by atoms with Gasteiger partial charge in [-0.25, -0.2) is 0 Å². The third-order valence-corrected chi connectivity index (χ3v) is 9.51. The molecule has 1 fully saturated rings. The van der Waals surface area contributed by atoms with Gasteiger partial charge in [-0.1, -0.05) is 13.0 Å². The fourth-order valence-electron chi connectivity index (χ4n) is 7.44. The van der Waals surface area contributed by atoms with Crippen LogP contribution in [0.5, 0.6) is 17.2 Å². The van der Waals surface area contributed by atoms with Gasteiger partial charge < -0.3 is 45.9 Å². The zero-order chi connectivity index (χ0) is 32.7. The number of nitrogens with one attached hydrogen (secondary N) is 1. The van der Waals surface area contributed by atoms with Crippen LogP contribution in [0.3, 0.4) is 0 Å². The fraction of sp³-hybridized carbons (Fsp3) is 0.406. The van der Waals surface area contributed by atoms with Gasteiger partial charge in [0.1, 0.15) is 22.8 Å². The predicted molar refractivity (Wildman–Crippen MR) is 163 cm³/mol. The van der Waals surface area contributed by atoms with Crippen LogP contribution in [0.1, 0.15) is 30.0 Å². The van der Waals surface area contributed by atoms with Gasteiger partial charge in [-0.15, -0.1) is 0 Å². The first kappa shape index (κ1) is 30.3. The van der Waals surface area contributed by atoms with Crippen LogP contribution in [0, 0.1) is 11.3 Å². The van der Waals surface area contributed by atoms with E-state index in [-0.39, 0.29) is 48.8 Å². The molecule has 1 heterocycles. The Kier molecular flexibility index (Phi) is 6.82. The van der Waals surface area contributed by atoms with Crippen LogP contribution in [-0.2, 0) is 27.3 Å². The van der Waals surface area contributed by atoms with Crippen LogP contribution in [0.2, 0.25) is 0 Å². The number of primary amides is 1. The van der Waals surface area contributed by atoms with Crippen molar-refractivity contribution < 1.29 is 44.3 Å². The summed E-state index contributed by atoms with van der Waals surface area (Å²) in [7, 11) is 6.76. The largest absolute Gasteiger partial charge is 0.508 e. The number of Topliss-reactive ketones (excluding diaryl/α,β-unsaturated/α-hetero) is 2. The van der Waals surface area contributed by atoms with E-state index < -0.39 is 57.5 Å². The molecule has 6 rings (SSSR count). The first-order valence-corrected chi connectivity index (χ1v) is 14.5. The van der Waals surface area contributed by atoms with Crippen LogP contribution in [0.15, 0.2) is 41.2 Å². The number of ether oxygens (including phenoxy) is 2. The Morgan fingerprint density at radius 2 is 1.78 bits per heavy atom. The van der Waals surface area contributed by atoms with E-state index in [2.05, 4.69) is 5.32 Å². The Balaban J connectivity index is 1.49. The number of anilines is 2. The van der Waals surface area contributed by atoms with Gasteiger partial charge in [-0.05, 0) is 56.3 Å². The number of aliphatic hydroxyl groups is 3. The maximum atomic E-state index is 14.3. The summed E-state index contributed by atoms with van der Waals surface area (Å²) in [5.74, 6) is -5.08. The van der Waals surface area contributed by atoms with Crippen molar-refractivity contribution in [1.82, 2.24) is 4.90 Å². The molecule has 238 valence electrons. The Labute approximate surface area is 259 Å². The molecular weight excluding hydrogens is 584 g/mol. The van der Waals surface area contributed by atoms with E-state index in [1.165, 1.54) is 4.90 Å². The SMILES string of the molecule is CN(C)c1cc(NCc2ccc3c(c2)OCO3)c(O)c2c1C[C@@]1(C)C[C@H]3[C@H](N(C)C)C(=O)C(C(N)=O)=C(O)[C@@]3(O)C(=O)C1=C2O. The molecular formula is C32H36N4O9. The van der Waals surface area contributed by atoms with Crippen molar-refractivity contribution in [3.63, 3.8) is 0 Å². The van der Waals surface area contributed by atoms with Gasteiger partial charge in [0.15, 0.2) is 22.9 Å². The van der Waals surface area contributed by atoms with Gasteiger partial charge in [0, 0.05) is 43.2 Å². The molecule has 2 aromatic carbocycles. The van der Waals surface area contributed by atoms with Crippen molar-refractivity contribution >= 4 is 34.6 Å². The summed E-state index contributed by atoms with van der Waals surface area (Å²) in [4.78, 5) is 43.3. The lowest BCUT2D eigenvalue weighted by atomic mass is 9.52. The molecule has 7 N–H and O–H groups in total. The maximum Gasteiger partial charge on any atom is 0.255 e. The minimum atomic E-state index is -2.72. The Hall–Kier alpha value is -4.75. The third kappa shape index (κ3) is 4.25. The molecule has 0 bridgehead atoms. The molecule has 0 spiro atoms. The summed E-state index contributed by atoms with van der Waals surface area (Å²) in [5.41, 5.74) is 2.86. The van der Waals surface area contributed by atoms with Crippen molar-refractivity contribution in [2.24, 2.45) is 17.1 Å². The van der Waals surface area contributed by atoms with Gasteiger partial charge in [0.05, 0.1) is 17.3 Å². The van der Waals surface area contributed by atoms with Crippen LogP contribution >= 0.6 is 0 Å². The normalized spacial score (nSPS) is 26.9. The summed E-state index contributed by atoms with van der Waals surface area (Å²) < 4.78 is 10.8. The average Bonchev–Trinajstić information content (AvgIpc) is 3.42. The minimum Gasteiger partial charge on any atom is -0.508 e. The van der Waals surface area contributed by atoms with Crippen molar-refractivity contribution in [2.45, 2.75) is 38.0 Å². The molecule has 0 radical (unpaired) electrons. The summed E-state index contributed by atoms with van der Waals surface area (Å²) >= 11 is 0. The Bertz CT molecular complexity index is 1750. The smallest absolute Gasteiger partial charge is 0.255 e. The van der Waals surface area contributed by atoms with Gasteiger partial charge in [0.2, 0.25) is 12.6 Å². The predicted octanol–water partition coefficient (Wildman–Crippen LogP) is 1.76. The number of hydrogen-bond donors (Lipinski definition) is 6. The van der Waals surface area contributed by atoms with E-state index in [4.69, 9.17) is 15.2 Å². The highest BCUT2D eigenvalue weighted by molar-refractivity contribution is 6.24. The number of aliphatic hydroxyl groups excluding tert-OH is 2. The molecule has 0 aromatic heterocycles. The quantitative estimate of drug-likeness (QED) is 0.203. The standard InChI is InChI=1S/C32H36N4O9/c1-31-10-15-18(35(2)3)9-17(34-12-14-6-7-19-20(8-14)45-13-44-19)25(37)21(15)26(38)23(31)29(41)32(43)16(11-31)24(36(4)5)27(39)22(28(32)40)30(33)42/h6-9,16,24,34,37-38,40,43H,10-13H2,1-5H3,(H2,33,42)/t16-,24-,31-,32+/m0/s1. The Morgan fingerprint density at radius 1 is 1.09 bits per heavy atom. The zero-order valence-electron chi connectivity index (χ0n) is 25.6. The number of nitrogens with two attached hydrogens (primary N) is 1. The van der Waals surface area contributed by atoms with Crippen LogP contribution in [0.25, 0.3) is 5.76 Å². The topological polar surface area (TPSA) is 195 Å². The molecule has 1 saturated carbocycles. The molecule has 13 heteroatoms. The number of amides is 1. The van der Waals surface area contributed by atoms with E-state index in [0.29, 0.717) is 22.7 Å². The number of aromatic hydroxyl groups is 1. The molecule has 4 atom stereocenters. The number of ketones is 2. The van der Waals surface area contributed by atoms with Gasteiger partial charge in [0.25, 0.3) is 5.91 Å². The molecule has 0 unspecified atom stereocenters. The van der Waals surface area contributed by atoms with Gasteiger partial charge in [-0.3, -0.25) is 19.3 Å². The summed E-state index contributed by atoms with van der Waals surface area (Å²) in [6, 6.07) is 6.04. The number of nitrogens with zero attached hydrogens (tertiary/aromatic N) is 2. The highest BCUT2D eigenvalue weighted by Crippen LogP contribution is 2.59. The second kappa shape index (κ2) is 10.1. The van der Waals surface area contributed by atoms with E-state index >= 15 is 0 Å². The second-order valence-electron chi connectivity index (χ2n) is 12.8. The van der Waals surface area contributed by atoms with Gasteiger partial charge >= 0.3 is 0 Å². The van der Waals surface area contributed by atoms with Crippen molar-refractivity contribution in [3.8, 4) is 17.2 Å². The highest BCUT2D eigenvalue weighted by atomic mass is 16.7. The molecule has 1 amide bonds. The third-order valence-electron chi connectivity index (χ3n) is 9.51. The second-order valence-corrected chi connectivity index (χ2v) is 12.8. The fourth-order valence-corrected chi connectivity index (χ4v) is 7.44. The van der Waals surface area contributed by atoms with Crippen LogP contribution < -0.4 is 25.4 Å². The summed E-state index contributed by atoms with van der Waals surface area (Å²) in [6.45, 7) is 2.15. The number of benzene rings is 2. The number of phenols is 1. The molecule has 0 saturated heterocycles. The van der Waals surface area contributed by atoms with E-state index in [1.54, 1.807) is 33.2 Å². The van der Waals surface area contributed by atoms with Gasteiger partial charge in [-0.2, -0.15) is 0 Å². The van der Waals surface area contributed by atoms with E-state index in [9.17, 15) is 34.8 Å². The molecule has 3 aliphatic carbocycles. The number of hydrogen-bond acceptors (Lipinski definition) is 12. The Morgan fingerprint density at radius 3 is 2.42 bits per heavy atom. The number of rotatable bonds is 6. The van der Waals surface area contributed by atoms with Crippen LogP contribution in [-0.4, -0.2) is 89.4 Å². The van der Waals surface area contributed by atoms with E-state index in [1.807, 2.05) is 31.1 Å². The zero-order valence-corrected chi connectivity index (χ0v) is 25.6. The lowest BCUT2D eigenvalue weighted by molar-refractivity contribution is -0.156. The first-order chi connectivity index (χ1) is 21.1. The monoisotopic (exact) mass is 620 g/mol. The molecule has 2 aromatic rings. The van der Waals surface area contributed by atoms with Crippen LogP contribution in [0.4, 0.5) is 11.4 Å². The summed E-state index contributed by atoms with van der Waals surface area (Å²) in [5, 5.41) is 49.7. The minimum absolute atomic E-state index is 0.00639. The number of carbonyl (C=O) groups is 3. The molecule has 1 aliphatic heterocycles. The number of carbonyl (C=O) groups excluding carboxylic acids is 3. The number of phenolic OH excluding ortho intramolecular Hbond substituents is 1. The molecule has 45 heavy (non-hydrogen) atoms. The van der Waals surface area contributed by atoms with E-state index in [0.717, 1.165) is 5.56 Å². The lowest BCUT2D eigenvalue weighted by Crippen LogP contribution is -2.67. The molecule has 13 nitrogen and oxygen atoms in total. The maximum absolute atomic E-state index is 14.3. The average molecular weight is 621 g/mol. The lowest BCUT2D eigenvalue weighted by Gasteiger charge is -2.54.